The normalized spacial score (nSPS) is 11.3. The molecule has 0 aliphatic heterocycles. The highest BCUT2D eigenvalue weighted by atomic mass is 79.9. The van der Waals surface area contributed by atoms with Crippen LogP contribution < -0.4 is 0 Å². The first-order valence-electron chi connectivity index (χ1n) is 8.03. The number of benzene rings is 3. The number of halogens is 1. The summed E-state index contributed by atoms with van der Waals surface area (Å²) in [6, 6.07) is 19.4. The second-order valence-electron chi connectivity index (χ2n) is 5.78. The summed E-state index contributed by atoms with van der Waals surface area (Å²) in [7, 11) is 0. The van der Waals surface area contributed by atoms with Gasteiger partial charge in [0.1, 0.15) is 5.52 Å². The minimum atomic E-state index is -0.428. The van der Waals surface area contributed by atoms with Gasteiger partial charge < -0.3 is 4.42 Å². The van der Waals surface area contributed by atoms with E-state index in [0.29, 0.717) is 17.0 Å². The molecule has 3 aromatic carbocycles. The molecule has 0 radical (unpaired) electrons. The molecule has 0 atom stereocenters. The van der Waals surface area contributed by atoms with Crippen LogP contribution in [0, 0.1) is 10.1 Å². The van der Waals surface area contributed by atoms with Crippen molar-refractivity contribution in [2.75, 3.05) is 0 Å². The number of aromatic nitrogens is 1. The molecule has 1 aromatic heterocycles. The van der Waals surface area contributed by atoms with Gasteiger partial charge in [-0.05, 0) is 60.2 Å². The number of nitrogens with zero attached hydrogens (tertiary/aromatic N) is 3. The van der Waals surface area contributed by atoms with E-state index in [-0.39, 0.29) is 5.69 Å². The molecular formula is C20H12BrN3O3. The number of nitro groups is 1. The average Bonchev–Trinajstić information content (AvgIpc) is 3.10. The quantitative estimate of drug-likeness (QED) is 0.232. The molecule has 0 spiro atoms. The van der Waals surface area contributed by atoms with Gasteiger partial charge in [0.15, 0.2) is 5.58 Å². The van der Waals surface area contributed by atoms with Gasteiger partial charge in [0.05, 0.1) is 10.6 Å². The van der Waals surface area contributed by atoms with Crippen molar-refractivity contribution in [1.82, 2.24) is 4.98 Å². The van der Waals surface area contributed by atoms with Crippen LogP contribution in [0.3, 0.4) is 0 Å². The number of hydrogen-bond acceptors (Lipinski definition) is 5. The maximum absolute atomic E-state index is 10.7. The first-order chi connectivity index (χ1) is 13.1. The Hall–Kier alpha value is -3.32. The zero-order valence-corrected chi connectivity index (χ0v) is 15.5. The fourth-order valence-electron chi connectivity index (χ4n) is 2.54. The third kappa shape index (κ3) is 3.78. The van der Waals surface area contributed by atoms with Crippen molar-refractivity contribution in [3.05, 3.63) is 86.9 Å². The van der Waals surface area contributed by atoms with Crippen molar-refractivity contribution in [2.24, 2.45) is 4.99 Å². The fraction of sp³-hybridized carbons (Fsp3) is 0. The Morgan fingerprint density at radius 1 is 1.04 bits per heavy atom. The highest BCUT2D eigenvalue weighted by molar-refractivity contribution is 9.10. The van der Waals surface area contributed by atoms with Crippen LogP contribution in [-0.2, 0) is 0 Å². The minimum Gasteiger partial charge on any atom is -0.436 e. The molecule has 132 valence electrons. The molecule has 1 heterocycles. The van der Waals surface area contributed by atoms with Gasteiger partial charge in [-0.1, -0.05) is 15.9 Å². The van der Waals surface area contributed by atoms with Crippen LogP contribution in [0.25, 0.3) is 22.6 Å². The summed E-state index contributed by atoms with van der Waals surface area (Å²) in [4.78, 5) is 19.2. The van der Waals surface area contributed by atoms with Crippen LogP contribution in [0.1, 0.15) is 5.56 Å². The molecule has 6 nitrogen and oxygen atoms in total. The first kappa shape index (κ1) is 17.1. The number of fused-ring (bicyclic) bond motifs is 1. The monoisotopic (exact) mass is 421 g/mol. The predicted octanol–water partition coefficient (Wildman–Crippen LogP) is 5.92. The van der Waals surface area contributed by atoms with E-state index in [4.69, 9.17) is 4.42 Å². The van der Waals surface area contributed by atoms with Gasteiger partial charge in [-0.15, -0.1) is 0 Å². The molecular weight excluding hydrogens is 410 g/mol. The van der Waals surface area contributed by atoms with Gasteiger partial charge in [-0.3, -0.25) is 15.1 Å². The molecule has 0 N–H and O–H groups in total. The van der Waals surface area contributed by atoms with E-state index in [1.165, 1.54) is 12.1 Å². The molecule has 27 heavy (non-hydrogen) atoms. The summed E-state index contributed by atoms with van der Waals surface area (Å²) in [5.41, 5.74) is 3.84. The van der Waals surface area contributed by atoms with E-state index in [1.807, 2.05) is 42.5 Å². The van der Waals surface area contributed by atoms with Gasteiger partial charge in [0.25, 0.3) is 5.69 Å². The fourth-order valence-corrected chi connectivity index (χ4v) is 2.81. The van der Waals surface area contributed by atoms with Crippen LogP contribution in [0.2, 0.25) is 0 Å². The molecule has 0 fully saturated rings. The maximum atomic E-state index is 10.7. The predicted molar refractivity (Wildman–Crippen MR) is 107 cm³/mol. The third-order valence-corrected chi connectivity index (χ3v) is 4.46. The van der Waals surface area contributed by atoms with Crippen molar-refractivity contribution in [3.8, 4) is 11.5 Å². The molecule has 0 saturated heterocycles. The molecule has 0 unspecified atom stereocenters. The average molecular weight is 422 g/mol. The lowest BCUT2D eigenvalue weighted by Crippen LogP contribution is -1.88. The van der Waals surface area contributed by atoms with E-state index in [2.05, 4.69) is 25.9 Å². The van der Waals surface area contributed by atoms with Crippen LogP contribution in [0.4, 0.5) is 11.4 Å². The standard InChI is InChI=1S/C20H12BrN3O3/c21-15-5-3-14(4-6-15)20-23-18-11-16(7-10-19(18)27-20)22-12-13-1-8-17(9-2-13)24(25)26/h1-12H. The lowest BCUT2D eigenvalue weighted by molar-refractivity contribution is -0.384. The molecule has 0 saturated carbocycles. The van der Waals surface area contributed by atoms with Gasteiger partial charge >= 0.3 is 0 Å². The van der Waals surface area contributed by atoms with Crippen LogP contribution >= 0.6 is 15.9 Å². The van der Waals surface area contributed by atoms with Crippen LogP contribution in [0.5, 0.6) is 0 Å². The zero-order chi connectivity index (χ0) is 18.8. The Morgan fingerprint density at radius 3 is 2.48 bits per heavy atom. The molecule has 0 amide bonds. The third-order valence-electron chi connectivity index (χ3n) is 3.93. The Balaban J connectivity index is 1.59. The van der Waals surface area contributed by atoms with Crippen LogP contribution in [-0.4, -0.2) is 16.1 Å². The number of nitro benzene ring substituents is 1. The van der Waals surface area contributed by atoms with E-state index in [0.717, 1.165) is 21.3 Å². The summed E-state index contributed by atoms with van der Waals surface area (Å²) < 4.78 is 6.80. The van der Waals surface area contributed by atoms with Crippen molar-refractivity contribution in [3.63, 3.8) is 0 Å². The molecule has 0 aliphatic rings. The Kier molecular flexibility index (Phi) is 4.52. The summed E-state index contributed by atoms with van der Waals surface area (Å²) in [6.07, 6.45) is 1.65. The SMILES string of the molecule is O=[N+]([O-])c1ccc(C=Nc2ccc3oc(-c4ccc(Br)cc4)nc3c2)cc1. The summed E-state index contributed by atoms with van der Waals surface area (Å²) >= 11 is 3.41. The highest BCUT2D eigenvalue weighted by Gasteiger charge is 2.08. The van der Waals surface area contributed by atoms with Gasteiger partial charge in [-0.2, -0.15) is 0 Å². The highest BCUT2D eigenvalue weighted by Crippen LogP contribution is 2.28. The van der Waals surface area contributed by atoms with Gasteiger partial charge in [0, 0.05) is 28.4 Å². The second-order valence-corrected chi connectivity index (χ2v) is 6.70. The number of hydrogen-bond donors (Lipinski definition) is 0. The minimum absolute atomic E-state index is 0.0524. The lowest BCUT2D eigenvalue weighted by Gasteiger charge is -1.95. The Labute approximate surface area is 162 Å². The van der Waals surface area contributed by atoms with Gasteiger partial charge in [0.2, 0.25) is 5.89 Å². The van der Waals surface area contributed by atoms with E-state index in [1.54, 1.807) is 18.3 Å². The van der Waals surface area contributed by atoms with Crippen LogP contribution in [0.15, 0.2) is 80.6 Å². The Bertz CT molecular complexity index is 1150. The molecule has 4 rings (SSSR count). The lowest BCUT2D eigenvalue weighted by atomic mass is 10.2. The summed E-state index contributed by atoms with van der Waals surface area (Å²) in [6.45, 7) is 0. The van der Waals surface area contributed by atoms with Gasteiger partial charge in [-0.25, -0.2) is 4.98 Å². The zero-order valence-electron chi connectivity index (χ0n) is 13.9. The number of non-ortho nitro benzene ring substituents is 1. The molecule has 7 heteroatoms. The molecule has 4 aromatic rings. The van der Waals surface area contributed by atoms with Crippen molar-refractivity contribution >= 4 is 44.6 Å². The maximum Gasteiger partial charge on any atom is 0.269 e. The second kappa shape index (κ2) is 7.13. The molecule has 0 bridgehead atoms. The largest absolute Gasteiger partial charge is 0.436 e. The smallest absolute Gasteiger partial charge is 0.269 e. The van der Waals surface area contributed by atoms with E-state index < -0.39 is 4.92 Å². The van der Waals surface area contributed by atoms with Crippen molar-refractivity contribution in [1.29, 1.82) is 0 Å². The van der Waals surface area contributed by atoms with Crippen molar-refractivity contribution < 1.29 is 9.34 Å². The van der Waals surface area contributed by atoms with E-state index >= 15 is 0 Å². The van der Waals surface area contributed by atoms with E-state index in [9.17, 15) is 10.1 Å². The number of aliphatic imine (C=N–C) groups is 1. The first-order valence-corrected chi connectivity index (χ1v) is 8.83. The Morgan fingerprint density at radius 2 is 1.78 bits per heavy atom. The summed E-state index contributed by atoms with van der Waals surface area (Å²) in [5, 5.41) is 10.7. The number of rotatable bonds is 4. The summed E-state index contributed by atoms with van der Waals surface area (Å²) in [5.74, 6) is 0.550. The molecule has 0 aliphatic carbocycles. The van der Waals surface area contributed by atoms with Crippen molar-refractivity contribution in [2.45, 2.75) is 0 Å². The topological polar surface area (TPSA) is 81.5 Å². The number of oxazole rings is 1.